The molecule has 0 spiro atoms. The van der Waals surface area contributed by atoms with E-state index < -0.39 is 0 Å². The van der Waals surface area contributed by atoms with E-state index in [0.717, 1.165) is 33.2 Å². The molecule has 20 heavy (non-hydrogen) atoms. The topological polar surface area (TPSA) is 72.0 Å². The maximum atomic E-state index is 5.68. The van der Waals surface area contributed by atoms with Crippen molar-refractivity contribution in [2.75, 3.05) is 0 Å². The van der Waals surface area contributed by atoms with Crippen LogP contribution in [0.2, 0.25) is 0 Å². The number of hydrogen-bond acceptors (Lipinski definition) is 3. The summed E-state index contributed by atoms with van der Waals surface area (Å²) < 4.78 is 1.63. The van der Waals surface area contributed by atoms with Gasteiger partial charge in [0.2, 0.25) is 0 Å². The van der Waals surface area contributed by atoms with Crippen molar-refractivity contribution in [3.63, 3.8) is 0 Å². The molecule has 0 atom stereocenters. The van der Waals surface area contributed by atoms with Crippen molar-refractivity contribution in [2.24, 2.45) is 5.73 Å². The largest absolute Gasteiger partial charge is 0.354 e. The molecule has 3 heterocycles. The van der Waals surface area contributed by atoms with Gasteiger partial charge < -0.3 is 10.7 Å². The number of aromatic amines is 1. The summed E-state index contributed by atoms with van der Waals surface area (Å²) in [6.45, 7) is 0.553. The van der Waals surface area contributed by atoms with Crippen molar-refractivity contribution < 1.29 is 0 Å². The SMILES string of the molecule is NCc1ccc2[nH]c(-c3cnn4ncccc34)cc2c1. The fourth-order valence-corrected chi connectivity index (χ4v) is 2.49. The Morgan fingerprint density at radius 1 is 1.15 bits per heavy atom. The van der Waals surface area contributed by atoms with Gasteiger partial charge in [0.05, 0.1) is 17.4 Å². The summed E-state index contributed by atoms with van der Waals surface area (Å²) >= 11 is 0. The van der Waals surface area contributed by atoms with Gasteiger partial charge in [-0.15, -0.1) is 0 Å². The lowest BCUT2D eigenvalue weighted by Crippen LogP contribution is -1.94. The van der Waals surface area contributed by atoms with E-state index in [2.05, 4.69) is 33.4 Å². The van der Waals surface area contributed by atoms with Crippen LogP contribution >= 0.6 is 0 Å². The van der Waals surface area contributed by atoms with Gasteiger partial charge >= 0.3 is 0 Å². The number of nitrogens with one attached hydrogen (secondary N) is 1. The summed E-state index contributed by atoms with van der Waals surface area (Å²) in [6.07, 6.45) is 3.55. The van der Waals surface area contributed by atoms with Gasteiger partial charge in [-0.2, -0.15) is 14.8 Å². The fraction of sp³-hybridized carbons (Fsp3) is 0.0667. The van der Waals surface area contributed by atoms with E-state index in [1.165, 1.54) is 0 Å². The highest BCUT2D eigenvalue weighted by Crippen LogP contribution is 2.27. The molecule has 5 nitrogen and oxygen atoms in total. The highest BCUT2D eigenvalue weighted by molar-refractivity contribution is 5.89. The van der Waals surface area contributed by atoms with Gasteiger partial charge in [-0.05, 0) is 35.9 Å². The van der Waals surface area contributed by atoms with E-state index in [1.54, 1.807) is 10.8 Å². The van der Waals surface area contributed by atoms with Crippen molar-refractivity contribution in [3.05, 3.63) is 54.4 Å². The van der Waals surface area contributed by atoms with Crippen LogP contribution in [0.1, 0.15) is 5.56 Å². The lowest BCUT2D eigenvalue weighted by molar-refractivity contribution is 0.800. The van der Waals surface area contributed by atoms with Crippen molar-refractivity contribution in [1.29, 1.82) is 0 Å². The van der Waals surface area contributed by atoms with Gasteiger partial charge in [0.15, 0.2) is 0 Å². The first-order valence-electron chi connectivity index (χ1n) is 6.46. The van der Waals surface area contributed by atoms with E-state index in [1.807, 2.05) is 24.4 Å². The molecule has 0 unspecified atom stereocenters. The van der Waals surface area contributed by atoms with Crippen LogP contribution in [0.5, 0.6) is 0 Å². The number of fused-ring (bicyclic) bond motifs is 2. The highest BCUT2D eigenvalue weighted by Gasteiger charge is 2.09. The quantitative estimate of drug-likeness (QED) is 0.583. The van der Waals surface area contributed by atoms with Crippen molar-refractivity contribution in [3.8, 4) is 11.3 Å². The zero-order valence-corrected chi connectivity index (χ0v) is 10.7. The normalized spacial score (nSPS) is 11.4. The first kappa shape index (κ1) is 11.2. The van der Waals surface area contributed by atoms with Crippen LogP contribution in [-0.4, -0.2) is 19.8 Å². The predicted octanol–water partition coefficient (Wildman–Crippen LogP) is 2.34. The van der Waals surface area contributed by atoms with E-state index in [0.29, 0.717) is 6.54 Å². The molecule has 0 aliphatic carbocycles. The lowest BCUT2D eigenvalue weighted by atomic mass is 10.1. The number of H-pyrrole nitrogens is 1. The molecule has 4 aromatic rings. The number of nitrogens with zero attached hydrogens (tertiary/aromatic N) is 3. The smallest absolute Gasteiger partial charge is 0.0966 e. The number of rotatable bonds is 2. The van der Waals surface area contributed by atoms with Gasteiger partial charge in [-0.1, -0.05) is 6.07 Å². The zero-order valence-electron chi connectivity index (χ0n) is 10.7. The van der Waals surface area contributed by atoms with E-state index in [-0.39, 0.29) is 0 Å². The highest BCUT2D eigenvalue weighted by atomic mass is 15.4. The molecule has 0 radical (unpaired) electrons. The molecule has 0 bridgehead atoms. The van der Waals surface area contributed by atoms with Crippen LogP contribution in [0.15, 0.2) is 48.8 Å². The van der Waals surface area contributed by atoms with Crippen LogP contribution in [0.25, 0.3) is 27.7 Å². The van der Waals surface area contributed by atoms with Crippen LogP contribution in [-0.2, 0) is 6.54 Å². The Morgan fingerprint density at radius 3 is 3.00 bits per heavy atom. The van der Waals surface area contributed by atoms with Gasteiger partial charge in [-0.3, -0.25) is 0 Å². The zero-order chi connectivity index (χ0) is 13.5. The summed E-state index contributed by atoms with van der Waals surface area (Å²) in [7, 11) is 0. The second-order valence-corrected chi connectivity index (χ2v) is 4.77. The molecular weight excluding hydrogens is 250 g/mol. The molecule has 0 aliphatic rings. The number of aromatic nitrogens is 4. The van der Waals surface area contributed by atoms with Crippen molar-refractivity contribution in [2.45, 2.75) is 6.54 Å². The minimum Gasteiger partial charge on any atom is -0.354 e. The van der Waals surface area contributed by atoms with Crippen molar-refractivity contribution in [1.82, 2.24) is 19.8 Å². The molecule has 0 saturated carbocycles. The minimum atomic E-state index is 0.553. The Labute approximate surface area is 115 Å². The minimum absolute atomic E-state index is 0.553. The monoisotopic (exact) mass is 263 g/mol. The summed E-state index contributed by atoms with van der Waals surface area (Å²) in [4.78, 5) is 3.42. The molecular formula is C15H13N5. The van der Waals surface area contributed by atoms with E-state index in [9.17, 15) is 0 Å². The molecule has 4 rings (SSSR count). The molecule has 1 aromatic carbocycles. The van der Waals surface area contributed by atoms with Gasteiger partial charge in [0, 0.05) is 29.2 Å². The maximum absolute atomic E-state index is 5.68. The summed E-state index contributed by atoms with van der Waals surface area (Å²) in [6, 6.07) is 12.3. The molecule has 0 aliphatic heterocycles. The first-order chi connectivity index (χ1) is 9.85. The Balaban J connectivity index is 1.93. The van der Waals surface area contributed by atoms with Crippen LogP contribution in [0.4, 0.5) is 0 Å². The first-order valence-corrected chi connectivity index (χ1v) is 6.46. The second kappa shape index (κ2) is 4.18. The molecule has 3 aromatic heterocycles. The van der Waals surface area contributed by atoms with Crippen LogP contribution in [0, 0.1) is 0 Å². The Kier molecular flexibility index (Phi) is 2.34. The molecule has 3 N–H and O–H groups in total. The average molecular weight is 263 g/mol. The Morgan fingerprint density at radius 2 is 2.10 bits per heavy atom. The van der Waals surface area contributed by atoms with Gasteiger partial charge in [-0.25, -0.2) is 0 Å². The van der Waals surface area contributed by atoms with E-state index in [4.69, 9.17) is 5.73 Å². The van der Waals surface area contributed by atoms with Gasteiger partial charge in [0.1, 0.15) is 0 Å². The predicted molar refractivity (Wildman–Crippen MR) is 78.2 cm³/mol. The van der Waals surface area contributed by atoms with E-state index >= 15 is 0 Å². The fourth-order valence-electron chi connectivity index (χ4n) is 2.49. The summed E-state index contributed by atoms with van der Waals surface area (Å²) in [5, 5.41) is 9.61. The summed E-state index contributed by atoms with van der Waals surface area (Å²) in [5.74, 6) is 0. The third kappa shape index (κ3) is 1.60. The second-order valence-electron chi connectivity index (χ2n) is 4.77. The Bertz CT molecular complexity index is 903. The summed E-state index contributed by atoms with van der Waals surface area (Å²) in [5.41, 5.74) is 11.0. The van der Waals surface area contributed by atoms with Crippen LogP contribution < -0.4 is 5.73 Å². The Hall–Kier alpha value is -2.66. The molecule has 0 fully saturated rings. The number of nitrogens with two attached hydrogens (primary N) is 1. The molecule has 98 valence electrons. The third-order valence-electron chi connectivity index (χ3n) is 3.51. The van der Waals surface area contributed by atoms with Crippen LogP contribution in [0.3, 0.4) is 0 Å². The molecule has 0 amide bonds. The standard InChI is InChI=1S/C15H13N5/c16-8-10-3-4-13-11(6-10)7-14(19-13)12-9-18-20-15(12)2-1-5-17-20/h1-7,9,19H,8,16H2. The third-order valence-corrected chi connectivity index (χ3v) is 3.51. The molecule has 0 saturated heterocycles. The average Bonchev–Trinajstić information content (AvgIpc) is 3.09. The number of hydrogen-bond donors (Lipinski definition) is 2. The maximum Gasteiger partial charge on any atom is 0.0966 e. The van der Waals surface area contributed by atoms with Gasteiger partial charge in [0.25, 0.3) is 0 Å². The van der Waals surface area contributed by atoms with Crippen molar-refractivity contribution >= 4 is 16.4 Å². The molecule has 5 heteroatoms. The number of benzene rings is 1. The lowest BCUT2D eigenvalue weighted by Gasteiger charge is -1.95.